The highest BCUT2D eigenvalue weighted by Gasteiger charge is 2.28. The number of carbonyl (C=O) groups excluding carboxylic acids is 1. The van der Waals surface area contributed by atoms with Crippen LogP contribution in [0.1, 0.15) is 41.4 Å². The van der Waals surface area contributed by atoms with Gasteiger partial charge in [-0.2, -0.15) is 10.1 Å². The Kier molecular flexibility index (Phi) is 5.78. The molecule has 5 rings (SSSR count). The number of ether oxygens (including phenoxy) is 1. The van der Waals surface area contributed by atoms with Gasteiger partial charge in [-0.25, -0.2) is 4.68 Å². The average molecular weight is 508 g/mol. The first-order valence-corrected chi connectivity index (χ1v) is 12.0. The van der Waals surface area contributed by atoms with E-state index in [0.717, 1.165) is 46.6 Å². The van der Waals surface area contributed by atoms with Gasteiger partial charge in [0.15, 0.2) is 0 Å². The number of aryl methyl sites for hydroxylation is 2. The van der Waals surface area contributed by atoms with Crippen molar-refractivity contribution in [3.8, 4) is 17.1 Å². The lowest BCUT2D eigenvalue weighted by molar-refractivity contribution is 0.100. The zero-order valence-electron chi connectivity index (χ0n) is 19.0. The number of rotatable bonds is 0. The van der Waals surface area contributed by atoms with Gasteiger partial charge in [0.25, 0.3) is 5.91 Å². The predicted molar refractivity (Wildman–Crippen MR) is 132 cm³/mol. The molecular weight excluding hydrogens is 482 g/mol. The molecular formula is C25H26BrN5O2. The Morgan fingerprint density at radius 3 is 2.91 bits per heavy atom. The molecule has 0 unspecified atom stereocenters. The molecule has 0 aliphatic carbocycles. The summed E-state index contributed by atoms with van der Waals surface area (Å²) in [4.78, 5) is 24.8. The molecule has 2 aliphatic heterocycles. The number of benzene rings is 1. The average Bonchev–Trinajstić information content (AvgIpc) is 3.30. The molecule has 1 amide bonds. The number of aliphatic imine (C=N–C) groups is 1. The second-order valence-corrected chi connectivity index (χ2v) is 9.77. The van der Waals surface area contributed by atoms with Gasteiger partial charge in [0, 0.05) is 41.4 Å². The summed E-state index contributed by atoms with van der Waals surface area (Å²) >= 11 is 3.59. The van der Waals surface area contributed by atoms with Crippen molar-refractivity contribution in [2.45, 2.75) is 33.1 Å². The minimum absolute atomic E-state index is 0.262. The highest BCUT2D eigenvalue weighted by molar-refractivity contribution is 9.10. The van der Waals surface area contributed by atoms with Crippen molar-refractivity contribution < 1.29 is 9.53 Å². The summed E-state index contributed by atoms with van der Waals surface area (Å²) in [5, 5.41) is 4.36. The smallest absolute Gasteiger partial charge is 0.278 e. The van der Waals surface area contributed by atoms with Gasteiger partial charge in [0.05, 0.1) is 24.1 Å². The predicted octanol–water partition coefficient (Wildman–Crippen LogP) is 4.96. The van der Waals surface area contributed by atoms with Crippen LogP contribution in [0.25, 0.3) is 11.3 Å². The van der Waals surface area contributed by atoms with Crippen molar-refractivity contribution in [2.24, 2.45) is 18.0 Å². The van der Waals surface area contributed by atoms with Crippen LogP contribution in [-0.4, -0.2) is 39.7 Å². The first-order chi connectivity index (χ1) is 15.9. The lowest BCUT2D eigenvalue weighted by atomic mass is 10.1. The summed E-state index contributed by atoms with van der Waals surface area (Å²) in [5.41, 5.74) is 5.02. The van der Waals surface area contributed by atoms with E-state index in [4.69, 9.17) is 4.74 Å². The van der Waals surface area contributed by atoms with E-state index in [-0.39, 0.29) is 5.91 Å². The summed E-state index contributed by atoms with van der Waals surface area (Å²) in [6.45, 7) is 5.51. The second kappa shape index (κ2) is 8.74. The van der Waals surface area contributed by atoms with Crippen LogP contribution in [0.15, 0.2) is 46.0 Å². The number of pyridine rings is 1. The quantitative estimate of drug-likeness (QED) is 0.429. The monoisotopic (exact) mass is 507 g/mol. The van der Waals surface area contributed by atoms with Gasteiger partial charge in [0.2, 0.25) is 5.88 Å². The van der Waals surface area contributed by atoms with E-state index in [1.165, 1.54) is 5.56 Å². The van der Waals surface area contributed by atoms with E-state index in [1.807, 2.05) is 20.0 Å². The molecule has 1 aromatic carbocycles. The summed E-state index contributed by atoms with van der Waals surface area (Å²) in [7, 11) is 1.85. The second-order valence-electron chi connectivity index (χ2n) is 8.86. The Morgan fingerprint density at radius 2 is 2.06 bits per heavy atom. The highest BCUT2D eigenvalue weighted by Crippen LogP contribution is 2.34. The minimum atomic E-state index is -0.262. The Bertz CT molecular complexity index is 1270. The van der Waals surface area contributed by atoms with E-state index in [0.29, 0.717) is 36.1 Å². The van der Waals surface area contributed by atoms with E-state index in [9.17, 15) is 4.79 Å². The van der Waals surface area contributed by atoms with Crippen LogP contribution >= 0.6 is 15.9 Å². The largest absolute Gasteiger partial charge is 0.477 e. The van der Waals surface area contributed by atoms with Gasteiger partial charge < -0.3 is 9.64 Å². The SMILES string of the molecule is Cc1cc2cc(n1)-c1cnn(C)c1OCCC[C@@H](C)CN1C(=NC2=O)Cc2ccc(Br)cc21. The number of hydrogen-bond acceptors (Lipinski definition) is 5. The molecule has 1 atom stereocenters. The molecule has 2 bridgehead atoms. The Labute approximate surface area is 201 Å². The van der Waals surface area contributed by atoms with Crippen molar-refractivity contribution in [2.75, 3.05) is 18.1 Å². The van der Waals surface area contributed by atoms with Gasteiger partial charge in [-0.3, -0.25) is 9.78 Å². The molecule has 0 saturated heterocycles. The van der Waals surface area contributed by atoms with Crippen molar-refractivity contribution in [3.63, 3.8) is 0 Å². The molecule has 0 N–H and O–H groups in total. The fourth-order valence-electron chi connectivity index (χ4n) is 4.53. The summed E-state index contributed by atoms with van der Waals surface area (Å²) in [5.74, 6) is 1.60. The van der Waals surface area contributed by atoms with Crippen molar-refractivity contribution in [1.29, 1.82) is 0 Å². The first-order valence-electron chi connectivity index (χ1n) is 11.2. The number of nitrogens with zero attached hydrogens (tertiary/aromatic N) is 5. The lowest BCUT2D eigenvalue weighted by Crippen LogP contribution is -2.32. The van der Waals surface area contributed by atoms with Crippen LogP contribution < -0.4 is 9.64 Å². The van der Waals surface area contributed by atoms with Crippen molar-refractivity contribution in [1.82, 2.24) is 14.8 Å². The summed E-state index contributed by atoms with van der Waals surface area (Å²) in [6, 6.07) is 9.84. The maximum atomic E-state index is 13.3. The van der Waals surface area contributed by atoms with Gasteiger partial charge in [-0.1, -0.05) is 28.9 Å². The molecule has 2 aliphatic rings. The normalized spacial score (nSPS) is 18.4. The van der Waals surface area contributed by atoms with E-state index in [2.05, 4.69) is 55.0 Å². The maximum Gasteiger partial charge on any atom is 0.278 e. The Morgan fingerprint density at radius 1 is 1.21 bits per heavy atom. The molecule has 8 heteroatoms. The fraction of sp³-hybridized carbons (Fsp3) is 0.360. The molecule has 7 nitrogen and oxygen atoms in total. The van der Waals surface area contributed by atoms with Crippen molar-refractivity contribution >= 4 is 33.4 Å². The van der Waals surface area contributed by atoms with Gasteiger partial charge in [0.1, 0.15) is 5.84 Å². The number of amidine groups is 1. The number of fused-ring (bicyclic) bond motifs is 7. The standard InChI is InChI=1S/C25H26BrN5O2/c1-15-5-4-8-33-25-20(13-27-30(25)3)21-10-18(9-16(2)28-21)24(32)29-23-11-17-6-7-19(26)12-22(17)31(23)14-15/h6-7,9-10,12-13,15H,4-5,8,11,14H2,1-3H3/t15-/m1/s1. The maximum absolute atomic E-state index is 13.3. The fourth-order valence-corrected chi connectivity index (χ4v) is 4.88. The number of aromatic nitrogens is 3. The molecule has 0 radical (unpaired) electrons. The third-order valence-corrected chi connectivity index (χ3v) is 6.66. The van der Waals surface area contributed by atoms with E-state index >= 15 is 0 Å². The number of carbonyl (C=O) groups is 1. The number of amides is 1. The zero-order valence-corrected chi connectivity index (χ0v) is 20.6. The molecule has 170 valence electrons. The van der Waals surface area contributed by atoms with Gasteiger partial charge in [-0.05, 0) is 55.5 Å². The van der Waals surface area contributed by atoms with Crippen LogP contribution in [0.2, 0.25) is 0 Å². The zero-order chi connectivity index (χ0) is 23.1. The van der Waals surface area contributed by atoms with Crippen LogP contribution in [-0.2, 0) is 13.5 Å². The van der Waals surface area contributed by atoms with Crippen LogP contribution in [0.3, 0.4) is 0 Å². The molecule has 3 aromatic rings. The third-order valence-electron chi connectivity index (χ3n) is 6.16. The topological polar surface area (TPSA) is 72.6 Å². The highest BCUT2D eigenvalue weighted by atomic mass is 79.9. The van der Waals surface area contributed by atoms with Crippen LogP contribution in [0.4, 0.5) is 5.69 Å². The van der Waals surface area contributed by atoms with Crippen LogP contribution in [0.5, 0.6) is 5.88 Å². The van der Waals surface area contributed by atoms with Crippen molar-refractivity contribution in [3.05, 3.63) is 57.8 Å². The molecule has 4 heterocycles. The van der Waals surface area contributed by atoms with Crippen LogP contribution in [0, 0.1) is 12.8 Å². The number of halogens is 1. The van der Waals surface area contributed by atoms with E-state index in [1.54, 1.807) is 23.0 Å². The molecule has 0 spiro atoms. The number of hydrogen-bond donors (Lipinski definition) is 0. The third kappa shape index (κ3) is 4.31. The number of anilines is 1. The Hall–Kier alpha value is -3.00. The summed E-state index contributed by atoms with van der Waals surface area (Å²) < 4.78 is 8.87. The Balaban J connectivity index is 1.60. The molecule has 0 saturated carbocycles. The first kappa shape index (κ1) is 21.8. The molecule has 33 heavy (non-hydrogen) atoms. The molecule has 0 fully saturated rings. The molecule has 2 aromatic heterocycles. The van der Waals surface area contributed by atoms with Gasteiger partial charge in [-0.15, -0.1) is 0 Å². The summed E-state index contributed by atoms with van der Waals surface area (Å²) in [6.07, 6.45) is 4.31. The van der Waals surface area contributed by atoms with Gasteiger partial charge >= 0.3 is 0 Å². The lowest BCUT2D eigenvalue weighted by Gasteiger charge is -2.24. The van der Waals surface area contributed by atoms with E-state index < -0.39 is 0 Å². The minimum Gasteiger partial charge on any atom is -0.477 e.